The number of aliphatic carboxylic acids is 1. The number of carboxylic acid groups (broad SMARTS) is 1. The zero-order chi connectivity index (χ0) is 15.5. The Morgan fingerprint density at radius 3 is 2.59 bits per heavy atom. The van der Waals surface area contributed by atoms with Crippen LogP contribution in [0.5, 0.6) is 0 Å². The summed E-state index contributed by atoms with van der Waals surface area (Å²) in [4.78, 5) is 25.4. The zero-order valence-corrected chi connectivity index (χ0v) is 12.8. The number of nitrogens with zero attached hydrogens (tertiary/aromatic N) is 1. The molecule has 3 rings (SSSR count). The van der Waals surface area contributed by atoms with Gasteiger partial charge in [0.25, 0.3) is 0 Å². The maximum atomic E-state index is 12.5. The van der Waals surface area contributed by atoms with Gasteiger partial charge in [-0.25, -0.2) is 0 Å². The molecule has 22 heavy (non-hydrogen) atoms. The van der Waals surface area contributed by atoms with Gasteiger partial charge < -0.3 is 10.0 Å². The number of carboxylic acids is 1. The topological polar surface area (TPSA) is 57.6 Å². The lowest BCUT2D eigenvalue weighted by molar-refractivity contribution is -0.145. The van der Waals surface area contributed by atoms with Crippen LogP contribution in [0.15, 0.2) is 24.3 Å². The van der Waals surface area contributed by atoms with Crippen molar-refractivity contribution in [1.29, 1.82) is 0 Å². The number of amides is 1. The average molecular weight is 301 g/mol. The number of rotatable bonds is 3. The zero-order valence-electron chi connectivity index (χ0n) is 12.8. The van der Waals surface area contributed by atoms with Crippen LogP contribution in [0.3, 0.4) is 0 Å². The number of likely N-dealkylation sites (tertiary alicyclic amines) is 1. The van der Waals surface area contributed by atoms with Crippen molar-refractivity contribution in [1.82, 2.24) is 4.90 Å². The van der Waals surface area contributed by atoms with Gasteiger partial charge in [0.05, 0.1) is 5.92 Å². The van der Waals surface area contributed by atoms with E-state index < -0.39 is 5.97 Å². The summed E-state index contributed by atoms with van der Waals surface area (Å²) in [6.45, 7) is 1.17. The molecule has 1 amide bonds. The van der Waals surface area contributed by atoms with Gasteiger partial charge in [-0.05, 0) is 49.1 Å². The summed E-state index contributed by atoms with van der Waals surface area (Å²) in [7, 11) is 0. The second-order valence-corrected chi connectivity index (χ2v) is 6.49. The second kappa shape index (κ2) is 6.51. The van der Waals surface area contributed by atoms with Crippen molar-refractivity contribution in [3.05, 3.63) is 35.4 Å². The minimum Gasteiger partial charge on any atom is -0.481 e. The Morgan fingerprint density at radius 1 is 1.14 bits per heavy atom. The first-order chi connectivity index (χ1) is 10.6. The predicted octanol–water partition coefficient (Wildman–Crippen LogP) is 2.82. The van der Waals surface area contributed by atoms with Gasteiger partial charge in [-0.2, -0.15) is 0 Å². The first-order valence-corrected chi connectivity index (χ1v) is 8.23. The van der Waals surface area contributed by atoms with E-state index in [2.05, 4.69) is 24.3 Å². The highest BCUT2D eigenvalue weighted by molar-refractivity contribution is 5.78. The number of fused-ring (bicyclic) bond motifs is 1. The Balaban J connectivity index is 1.60. The van der Waals surface area contributed by atoms with Gasteiger partial charge in [-0.15, -0.1) is 0 Å². The number of carbonyl (C=O) groups excluding carboxylic acids is 1. The maximum Gasteiger partial charge on any atom is 0.306 e. The Hall–Kier alpha value is -1.84. The molecule has 0 unspecified atom stereocenters. The fraction of sp³-hybridized carbons (Fsp3) is 0.556. The molecule has 1 aromatic carbocycles. The lowest BCUT2D eigenvalue weighted by atomic mass is 9.81. The highest BCUT2D eigenvalue weighted by Crippen LogP contribution is 2.34. The van der Waals surface area contributed by atoms with Crippen molar-refractivity contribution in [3.8, 4) is 0 Å². The maximum absolute atomic E-state index is 12.5. The standard InChI is InChI=1S/C18H23NO3/c20-17(19-10-8-14(9-11-19)18(21)22)12-15-6-3-5-13-4-1-2-7-16(13)15/h1-2,4,7,14-15H,3,5-6,8-12H2,(H,21,22)/t15-/m1/s1. The summed E-state index contributed by atoms with van der Waals surface area (Å²) in [5, 5.41) is 9.03. The molecule has 1 aliphatic carbocycles. The lowest BCUT2D eigenvalue weighted by Crippen LogP contribution is -2.40. The largest absolute Gasteiger partial charge is 0.481 e. The molecule has 1 fully saturated rings. The van der Waals surface area contributed by atoms with Gasteiger partial charge in [0.2, 0.25) is 5.91 Å². The molecule has 1 atom stereocenters. The molecule has 2 aliphatic rings. The van der Waals surface area contributed by atoms with E-state index in [1.54, 1.807) is 0 Å². The van der Waals surface area contributed by atoms with Gasteiger partial charge in [0.1, 0.15) is 0 Å². The molecule has 1 saturated heterocycles. The SMILES string of the molecule is O=C(O)C1CCN(C(=O)C[C@H]2CCCc3ccccc32)CC1. The van der Waals surface area contributed by atoms with Crippen molar-refractivity contribution in [2.24, 2.45) is 5.92 Å². The average Bonchev–Trinajstić information content (AvgIpc) is 2.55. The van der Waals surface area contributed by atoms with Crippen molar-refractivity contribution in [2.75, 3.05) is 13.1 Å². The van der Waals surface area contributed by atoms with Gasteiger partial charge in [-0.1, -0.05) is 24.3 Å². The van der Waals surface area contributed by atoms with Crippen LogP contribution in [-0.4, -0.2) is 35.0 Å². The van der Waals surface area contributed by atoms with E-state index in [1.807, 2.05) is 4.90 Å². The van der Waals surface area contributed by atoms with Crippen LogP contribution >= 0.6 is 0 Å². The molecule has 4 heteroatoms. The molecule has 0 spiro atoms. The van der Waals surface area contributed by atoms with E-state index in [9.17, 15) is 9.59 Å². The Kier molecular flexibility index (Phi) is 4.46. The van der Waals surface area contributed by atoms with Crippen molar-refractivity contribution in [3.63, 3.8) is 0 Å². The molecule has 4 nitrogen and oxygen atoms in total. The van der Waals surface area contributed by atoms with Crippen molar-refractivity contribution in [2.45, 2.75) is 44.4 Å². The van der Waals surface area contributed by atoms with E-state index in [0.29, 0.717) is 38.3 Å². The quantitative estimate of drug-likeness (QED) is 0.934. The van der Waals surface area contributed by atoms with E-state index in [1.165, 1.54) is 11.1 Å². The number of benzene rings is 1. The highest BCUT2D eigenvalue weighted by Gasteiger charge is 2.29. The number of carbonyl (C=O) groups is 2. The van der Waals surface area contributed by atoms with Gasteiger partial charge >= 0.3 is 5.97 Å². The molecule has 0 bridgehead atoms. The smallest absolute Gasteiger partial charge is 0.306 e. The number of piperidine rings is 1. The summed E-state index contributed by atoms with van der Waals surface area (Å²) in [6, 6.07) is 8.45. The third kappa shape index (κ3) is 3.16. The second-order valence-electron chi connectivity index (χ2n) is 6.49. The first kappa shape index (κ1) is 15.1. The predicted molar refractivity (Wildman–Crippen MR) is 83.7 cm³/mol. The van der Waals surface area contributed by atoms with Crippen LogP contribution in [0.4, 0.5) is 0 Å². The van der Waals surface area contributed by atoms with Crippen molar-refractivity contribution < 1.29 is 14.7 Å². The molecule has 0 radical (unpaired) electrons. The van der Waals surface area contributed by atoms with Crippen LogP contribution in [0.1, 0.15) is 49.1 Å². The molecular weight excluding hydrogens is 278 g/mol. The number of hydrogen-bond donors (Lipinski definition) is 1. The number of aryl methyl sites for hydroxylation is 1. The monoisotopic (exact) mass is 301 g/mol. The van der Waals surface area contributed by atoms with Gasteiger partial charge in [0.15, 0.2) is 0 Å². The molecular formula is C18H23NO3. The normalized spacial score (nSPS) is 22.2. The van der Waals surface area contributed by atoms with E-state index >= 15 is 0 Å². The molecule has 1 aromatic rings. The van der Waals surface area contributed by atoms with E-state index in [0.717, 1.165) is 19.3 Å². The van der Waals surface area contributed by atoms with Crippen molar-refractivity contribution >= 4 is 11.9 Å². The number of hydrogen-bond acceptors (Lipinski definition) is 2. The molecule has 1 aliphatic heterocycles. The summed E-state index contributed by atoms with van der Waals surface area (Å²) < 4.78 is 0. The summed E-state index contributed by atoms with van der Waals surface area (Å²) in [5.74, 6) is -0.493. The first-order valence-electron chi connectivity index (χ1n) is 8.23. The fourth-order valence-corrected chi connectivity index (χ4v) is 3.78. The van der Waals surface area contributed by atoms with Crippen LogP contribution < -0.4 is 0 Å². The summed E-state index contributed by atoms with van der Waals surface area (Å²) in [6.07, 6.45) is 5.08. The highest BCUT2D eigenvalue weighted by atomic mass is 16.4. The third-order valence-corrected chi connectivity index (χ3v) is 5.11. The summed E-state index contributed by atoms with van der Waals surface area (Å²) in [5.41, 5.74) is 2.72. The van der Waals surface area contributed by atoms with Crippen LogP contribution in [0.25, 0.3) is 0 Å². The minimum atomic E-state index is -0.728. The van der Waals surface area contributed by atoms with Gasteiger partial charge in [-0.3, -0.25) is 9.59 Å². The molecule has 118 valence electrons. The third-order valence-electron chi connectivity index (χ3n) is 5.11. The van der Waals surface area contributed by atoms with E-state index in [4.69, 9.17) is 5.11 Å². The lowest BCUT2D eigenvalue weighted by Gasteiger charge is -2.32. The molecule has 1 heterocycles. The van der Waals surface area contributed by atoms with Gasteiger partial charge in [0, 0.05) is 19.5 Å². The molecule has 1 N–H and O–H groups in total. The minimum absolute atomic E-state index is 0.186. The Morgan fingerprint density at radius 2 is 1.86 bits per heavy atom. The molecule has 0 aromatic heterocycles. The molecule has 0 saturated carbocycles. The van der Waals surface area contributed by atoms with E-state index in [-0.39, 0.29) is 11.8 Å². The van der Waals surface area contributed by atoms with Crippen LogP contribution in [-0.2, 0) is 16.0 Å². The van der Waals surface area contributed by atoms with Crippen LogP contribution in [0, 0.1) is 5.92 Å². The fourth-order valence-electron chi connectivity index (χ4n) is 3.78. The van der Waals surface area contributed by atoms with Crippen LogP contribution in [0.2, 0.25) is 0 Å². The Bertz CT molecular complexity index is 561. The Labute approximate surface area is 131 Å². The summed E-state index contributed by atoms with van der Waals surface area (Å²) >= 11 is 0.